The minimum absolute atomic E-state index is 0. The summed E-state index contributed by atoms with van der Waals surface area (Å²) in [5.41, 5.74) is 8.95. The zero-order chi connectivity index (χ0) is 29.1. The van der Waals surface area contributed by atoms with Crippen LogP contribution in [0.3, 0.4) is 0 Å². The van der Waals surface area contributed by atoms with Gasteiger partial charge in [0.05, 0.1) is 0 Å². The maximum Gasteiger partial charge on any atom is -0.147 e. The minimum atomic E-state index is -2.69. The first-order valence-electron chi connectivity index (χ1n) is 14.6. The average molecular weight is 652 g/mol. The molecule has 0 heterocycles. The summed E-state index contributed by atoms with van der Waals surface area (Å²) in [7, 11) is -2.69. The number of nitrogens with zero attached hydrogens (tertiary/aromatic N) is 1. The maximum absolute atomic E-state index is 2.78. The summed E-state index contributed by atoms with van der Waals surface area (Å²) in [5, 5.41) is 2.93. The van der Waals surface area contributed by atoms with E-state index in [0.29, 0.717) is 0 Å². The van der Waals surface area contributed by atoms with Gasteiger partial charge in [0.2, 0.25) is 0 Å². The number of halogens is 2. The summed E-state index contributed by atoms with van der Waals surface area (Å²) < 4.78 is 2.78. The molecule has 0 aromatic heterocycles. The van der Waals surface area contributed by atoms with Crippen LogP contribution in [0.4, 0.5) is 0 Å². The van der Waals surface area contributed by atoms with E-state index in [1.54, 1.807) is 0 Å². The summed E-state index contributed by atoms with van der Waals surface area (Å²) in [4.78, 5) is 0. The van der Waals surface area contributed by atoms with Crippen LogP contribution in [0.15, 0.2) is 97.1 Å². The summed E-state index contributed by atoms with van der Waals surface area (Å²) in [6.45, 7) is 21.2. The van der Waals surface area contributed by atoms with E-state index in [1.165, 1.54) is 43.8 Å². The third-order valence-electron chi connectivity index (χ3n) is 8.62. The van der Waals surface area contributed by atoms with Crippen LogP contribution in [0.25, 0.3) is 11.1 Å². The Morgan fingerprint density at radius 2 is 0.905 bits per heavy atom. The first-order valence-corrected chi connectivity index (χ1v) is 17.3. The third-order valence-corrected chi connectivity index (χ3v) is 16.6. The first-order chi connectivity index (χ1) is 18.7. The molecule has 0 spiro atoms. The summed E-state index contributed by atoms with van der Waals surface area (Å²) in [6.07, 6.45) is 0. The van der Waals surface area contributed by atoms with E-state index in [9.17, 15) is 0 Å². The van der Waals surface area contributed by atoms with Crippen LogP contribution < -0.4 is 10.4 Å². The van der Waals surface area contributed by atoms with Crippen molar-refractivity contribution in [2.24, 2.45) is 0 Å². The molecule has 4 aromatic rings. The van der Waals surface area contributed by atoms with Gasteiger partial charge in [-0.15, -0.1) is 24.8 Å². The van der Waals surface area contributed by atoms with Crippen molar-refractivity contribution in [3.05, 3.63) is 119 Å². The van der Waals surface area contributed by atoms with Crippen molar-refractivity contribution in [2.45, 2.75) is 84.2 Å². The second-order valence-corrected chi connectivity index (χ2v) is 19.7. The fourth-order valence-corrected chi connectivity index (χ4v) is 13.9. The van der Waals surface area contributed by atoms with Gasteiger partial charge in [-0.1, -0.05) is 0 Å². The molecule has 1 aliphatic carbocycles. The molecule has 0 radical (unpaired) electrons. The van der Waals surface area contributed by atoms with Gasteiger partial charge in [0.25, 0.3) is 0 Å². The van der Waals surface area contributed by atoms with Crippen LogP contribution in [-0.2, 0) is 31.5 Å². The third kappa shape index (κ3) is 6.01. The van der Waals surface area contributed by atoms with E-state index in [-0.39, 0.29) is 46.7 Å². The Bertz CT molecular complexity index is 1410. The van der Waals surface area contributed by atoms with E-state index < -0.39 is 8.24 Å². The molecule has 1 nitrogen and oxygen atoms in total. The van der Waals surface area contributed by atoms with Gasteiger partial charge < -0.3 is 0 Å². The van der Waals surface area contributed by atoms with Crippen molar-refractivity contribution in [1.82, 2.24) is 3.05 Å². The molecule has 5 rings (SSSR count). The number of benzene rings is 4. The Morgan fingerprint density at radius 3 is 1.21 bits per heavy atom. The molecule has 0 saturated carbocycles. The number of fused-ring (bicyclic) bond motifs is 3. The predicted molar refractivity (Wildman–Crippen MR) is 185 cm³/mol. The molecular formula is C37H46Cl2NSiTi. The van der Waals surface area contributed by atoms with Gasteiger partial charge in [-0.3, -0.25) is 0 Å². The van der Waals surface area contributed by atoms with Gasteiger partial charge in [0, 0.05) is 0 Å². The van der Waals surface area contributed by atoms with Crippen LogP contribution in [-0.4, -0.2) is 16.8 Å². The fraction of sp³-hybridized carbons (Fsp3) is 0.351. The van der Waals surface area contributed by atoms with Crippen molar-refractivity contribution < 1.29 is 20.7 Å². The van der Waals surface area contributed by atoms with Gasteiger partial charge >= 0.3 is 257 Å². The zero-order valence-corrected chi connectivity index (χ0v) is 30.8. The van der Waals surface area contributed by atoms with Crippen molar-refractivity contribution in [1.29, 1.82) is 0 Å². The number of hydrogen-bond acceptors (Lipinski definition) is 1. The standard InChI is InChI=1S/C37H44NSi.2ClH.Ti/c1-35(2,3)26-20-22-30-31-23-21-27(36(4,5)6)25-33(31)34(32(30)24-26)39(38-37(7,8)9,28-16-12-10-13-17-28)29-18-14-11-15-19-29;;;/h10-25,34H,1-9H3;2*1H;/q-1;;;+1. The summed E-state index contributed by atoms with van der Waals surface area (Å²) in [5.74, 6) is 0. The van der Waals surface area contributed by atoms with Gasteiger partial charge in [0.1, 0.15) is 0 Å². The zero-order valence-electron chi connectivity index (χ0n) is 26.6. The van der Waals surface area contributed by atoms with Gasteiger partial charge in [-0.25, -0.2) is 0 Å². The average Bonchev–Trinajstić information content (AvgIpc) is 3.22. The fourth-order valence-electron chi connectivity index (χ4n) is 6.45. The maximum atomic E-state index is 2.78. The van der Waals surface area contributed by atoms with Crippen LogP contribution >= 0.6 is 24.8 Å². The molecule has 0 unspecified atom stereocenters. The van der Waals surface area contributed by atoms with Crippen molar-refractivity contribution in [3.8, 4) is 11.1 Å². The largest absolute Gasteiger partial charge is 0.147 e. The molecule has 0 fully saturated rings. The quantitative estimate of drug-likeness (QED) is 0.199. The normalized spacial score (nSPS) is 13.6. The number of rotatable bonds is 4. The van der Waals surface area contributed by atoms with Gasteiger partial charge in [-0.05, 0) is 0 Å². The van der Waals surface area contributed by atoms with Crippen molar-refractivity contribution in [2.75, 3.05) is 0 Å². The molecule has 0 aliphatic heterocycles. The SMILES string of the molecule is CC(C)(C)c1ccc2c(c1)C([Si](c1ccccc1)(c1ccccc1)[N]([Ti])C(C)(C)C)c1cc(C(C)(C)C)ccc1-2.Cl.Cl. The molecule has 0 atom stereocenters. The predicted octanol–water partition coefficient (Wildman–Crippen LogP) is 9.10. The molecule has 5 heteroatoms. The Morgan fingerprint density at radius 1 is 0.548 bits per heavy atom. The van der Waals surface area contributed by atoms with Crippen molar-refractivity contribution in [3.63, 3.8) is 0 Å². The monoisotopic (exact) mass is 650 g/mol. The molecule has 0 N–H and O–H groups in total. The molecule has 42 heavy (non-hydrogen) atoms. The van der Waals surface area contributed by atoms with Crippen LogP contribution in [0.2, 0.25) is 0 Å². The minimum Gasteiger partial charge on any atom is -0.147 e. The first kappa shape index (κ1) is 34.8. The molecule has 0 bridgehead atoms. The molecule has 221 valence electrons. The van der Waals surface area contributed by atoms with Crippen LogP contribution in [0, 0.1) is 0 Å². The number of hydrogen-bond donors (Lipinski definition) is 0. The Balaban J connectivity index is 0.00000242. The van der Waals surface area contributed by atoms with Crippen LogP contribution in [0.1, 0.15) is 90.1 Å². The molecular weight excluding hydrogens is 605 g/mol. The molecule has 0 amide bonds. The Hall–Kier alpha value is -1.65. The summed E-state index contributed by atoms with van der Waals surface area (Å²) >= 11 is 2.39. The topological polar surface area (TPSA) is 3.24 Å². The Labute approximate surface area is 280 Å². The molecule has 0 saturated heterocycles. The second kappa shape index (κ2) is 12.4. The van der Waals surface area contributed by atoms with E-state index in [2.05, 4.69) is 183 Å². The Kier molecular flexibility index (Phi) is 10.3. The van der Waals surface area contributed by atoms with E-state index in [0.717, 1.165) is 0 Å². The molecule has 4 aromatic carbocycles. The molecule has 1 aliphatic rings. The smallest absolute Gasteiger partial charge is 0.147 e. The van der Waals surface area contributed by atoms with E-state index in [4.69, 9.17) is 0 Å². The van der Waals surface area contributed by atoms with Gasteiger partial charge in [0.15, 0.2) is 0 Å². The second-order valence-electron chi connectivity index (χ2n) is 14.5. The van der Waals surface area contributed by atoms with Crippen LogP contribution in [0.5, 0.6) is 0 Å². The van der Waals surface area contributed by atoms with E-state index in [1.807, 2.05) is 0 Å². The van der Waals surface area contributed by atoms with E-state index >= 15 is 0 Å². The summed E-state index contributed by atoms with van der Waals surface area (Å²) in [6, 6.07) is 37.6. The van der Waals surface area contributed by atoms with Crippen molar-refractivity contribution >= 4 is 43.4 Å². The van der Waals surface area contributed by atoms with Gasteiger partial charge in [-0.2, -0.15) is 0 Å².